The Morgan fingerprint density at radius 2 is 1.79 bits per heavy atom. The first-order valence-electron chi connectivity index (χ1n) is 12.7. The van der Waals surface area contributed by atoms with Crippen LogP contribution in [-0.4, -0.2) is 40.4 Å². The number of nitrogens with one attached hydrogen (secondary N) is 1. The summed E-state index contributed by atoms with van der Waals surface area (Å²) >= 11 is 6.58. The number of fused-ring (bicyclic) bond motifs is 1. The van der Waals surface area contributed by atoms with E-state index < -0.39 is 12.0 Å². The van der Waals surface area contributed by atoms with Crippen molar-refractivity contribution in [2.75, 3.05) is 11.9 Å². The molecule has 0 radical (unpaired) electrons. The van der Waals surface area contributed by atoms with Gasteiger partial charge in [0.2, 0.25) is 0 Å². The number of rotatable bonds is 10. The minimum Gasteiger partial charge on any atom is -0.494 e. The number of hydrogen-bond donors (Lipinski definition) is 2. The summed E-state index contributed by atoms with van der Waals surface area (Å²) in [7, 11) is 0. The van der Waals surface area contributed by atoms with Gasteiger partial charge in [0, 0.05) is 28.9 Å². The van der Waals surface area contributed by atoms with Crippen LogP contribution in [0.2, 0.25) is 5.02 Å². The van der Waals surface area contributed by atoms with Gasteiger partial charge in [0.05, 0.1) is 11.6 Å². The van der Waals surface area contributed by atoms with Crippen molar-refractivity contribution in [2.45, 2.75) is 46.2 Å². The van der Waals surface area contributed by atoms with Gasteiger partial charge in [-0.05, 0) is 65.9 Å². The largest absolute Gasteiger partial charge is 0.494 e. The van der Waals surface area contributed by atoms with Crippen LogP contribution in [0.3, 0.4) is 0 Å². The van der Waals surface area contributed by atoms with Crippen molar-refractivity contribution in [3.05, 3.63) is 82.4 Å². The number of carbonyl (C=O) groups is 3. The van der Waals surface area contributed by atoms with Crippen LogP contribution in [0.15, 0.2) is 60.7 Å². The molecule has 3 aromatic carbocycles. The molecule has 0 bridgehead atoms. The lowest BCUT2D eigenvalue weighted by molar-refractivity contribution is -0.144. The van der Waals surface area contributed by atoms with Crippen LogP contribution in [0, 0.1) is 5.92 Å². The second-order valence-electron chi connectivity index (χ2n) is 9.71. The van der Waals surface area contributed by atoms with E-state index in [1.54, 1.807) is 62.4 Å². The van der Waals surface area contributed by atoms with Crippen molar-refractivity contribution in [3.8, 4) is 16.9 Å². The van der Waals surface area contributed by atoms with E-state index in [0.29, 0.717) is 34.0 Å². The van der Waals surface area contributed by atoms with E-state index in [2.05, 4.69) is 12.2 Å². The van der Waals surface area contributed by atoms with Gasteiger partial charge in [-0.25, -0.2) is 4.79 Å². The zero-order chi connectivity index (χ0) is 27.4. The van der Waals surface area contributed by atoms with Crippen molar-refractivity contribution in [2.24, 2.45) is 5.92 Å². The minimum absolute atomic E-state index is 0.223. The molecule has 1 heterocycles. The Balaban J connectivity index is 1.47. The van der Waals surface area contributed by atoms with Gasteiger partial charge >= 0.3 is 5.97 Å². The highest BCUT2D eigenvalue weighted by Crippen LogP contribution is 2.35. The Labute approximate surface area is 227 Å². The van der Waals surface area contributed by atoms with Crippen molar-refractivity contribution >= 4 is 35.1 Å². The molecule has 1 aliphatic rings. The molecular formula is C30H31ClN2O5. The Hall–Kier alpha value is -3.84. The van der Waals surface area contributed by atoms with Crippen LogP contribution in [0.5, 0.6) is 5.75 Å². The number of carboxylic acid groups (broad SMARTS) is 1. The van der Waals surface area contributed by atoms with Gasteiger partial charge in [-0.15, -0.1) is 0 Å². The Bertz CT molecular complexity index is 1350. The molecule has 7 nitrogen and oxygen atoms in total. The first-order chi connectivity index (χ1) is 18.2. The molecule has 0 spiro atoms. The number of nitrogens with zero attached hydrogens (tertiary/aromatic N) is 1. The summed E-state index contributed by atoms with van der Waals surface area (Å²) in [4.78, 5) is 39.0. The fourth-order valence-electron chi connectivity index (χ4n) is 4.56. The molecule has 38 heavy (non-hydrogen) atoms. The Morgan fingerprint density at radius 1 is 1.05 bits per heavy atom. The smallest absolute Gasteiger partial charge is 0.326 e. The molecule has 4 rings (SSSR count). The lowest BCUT2D eigenvalue weighted by Crippen LogP contribution is -2.44. The number of unbranched alkanes of at least 4 members (excludes halogenated alkanes) is 1. The highest BCUT2D eigenvalue weighted by atomic mass is 35.5. The lowest BCUT2D eigenvalue weighted by atomic mass is 10.00. The highest BCUT2D eigenvalue weighted by Gasteiger charge is 2.38. The van der Waals surface area contributed by atoms with E-state index in [4.69, 9.17) is 16.3 Å². The fraction of sp³-hybridized carbons (Fsp3) is 0.300. The molecule has 0 fully saturated rings. The molecule has 1 aliphatic heterocycles. The van der Waals surface area contributed by atoms with Gasteiger partial charge < -0.3 is 20.1 Å². The van der Waals surface area contributed by atoms with E-state index in [-0.39, 0.29) is 24.3 Å². The number of benzene rings is 3. The predicted molar refractivity (Wildman–Crippen MR) is 148 cm³/mol. The van der Waals surface area contributed by atoms with Crippen molar-refractivity contribution < 1.29 is 24.2 Å². The van der Waals surface area contributed by atoms with E-state index in [9.17, 15) is 19.5 Å². The van der Waals surface area contributed by atoms with Crippen LogP contribution in [0.25, 0.3) is 11.1 Å². The maximum absolute atomic E-state index is 13.1. The summed E-state index contributed by atoms with van der Waals surface area (Å²) in [5.74, 6) is -1.08. The summed E-state index contributed by atoms with van der Waals surface area (Å²) in [6.45, 7) is 6.58. The first kappa shape index (κ1) is 27.2. The molecule has 0 unspecified atom stereocenters. The maximum atomic E-state index is 13.1. The van der Waals surface area contributed by atoms with Crippen molar-refractivity contribution in [3.63, 3.8) is 0 Å². The van der Waals surface area contributed by atoms with E-state index >= 15 is 0 Å². The summed E-state index contributed by atoms with van der Waals surface area (Å²) < 4.78 is 5.64. The highest BCUT2D eigenvalue weighted by molar-refractivity contribution is 6.33. The van der Waals surface area contributed by atoms with E-state index in [1.165, 1.54) is 4.90 Å². The van der Waals surface area contributed by atoms with Gasteiger partial charge in [-0.3, -0.25) is 9.59 Å². The molecular weight excluding hydrogens is 504 g/mol. The molecule has 2 N–H and O–H groups in total. The van der Waals surface area contributed by atoms with Gasteiger partial charge in [0.15, 0.2) is 0 Å². The third kappa shape index (κ3) is 5.83. The van der Waals surface area contributed by atoms with Crippen LogP contribution in [-0.2, 0) is 11.3 Å². The molecule has 2 amide bonds. The quantitative estimate of drug-likeness (QED) is 0.289. The molecule has 198 valence electrons. The molecule has 0 aromatic heterocycles. The standard InChI is InChI=1S/C30H31ClN2O5/c1-4-5-14-38-23-11-8-19(9-12-23)28(34)32-22-10-13-24(26(31)16-22)20-6-7-21-17-33(29(35)25(21)15-20)27(18(2)3)30(36)37/h6-13,15-16,18,27H,4-5,14,17H2,1-3H3,(H,32,34)(H,36,37)/t27-/m0/s1. The Kier molecular flexibility index (Phi) is 8.37. The van der Waals surface area contributed by atoms with Crippen molar-refractivity contribution in [1.29, 1.82) is 0 Å². The minimum atomic E-state index is -1.02. The molecule has 3 aromatic rings. The average Bonchev–Trinajstić information content (AvgIpc) is 3.19. The zero-order valence-corrected chi connectivity index (χ0v) is 22.4. The molecule has 1 atom stereocenters. The summed E-state index contributed by atoms with van der Waals surface area (Å²) in [6.07, 6.45) is 2.03. The van der Waals surface area contributed by atoms with Gasteiger partial charge in [-0.1, -0.05) is 57.0 Å². The maximum Gasteiger partial charge on any atom is 0.326 e. The normalized spacial score (nSPS) is 13.4. The van der Waals surface area contributed by atoms with Crippen LogP contribution in [0.4, 0.5) is 5.69 Å². The summed E-state index contributed by atoms with van der Waals surface area (Å²) in [5.41, 5.74) is 3.73. The van der Waals surface area contributed by atoms with Crippen LogP contribution in [0.1, 0.15) is 59.9 Å². The second kappa shape index (κ2) is 11.7. The molecule has 8 heteroatoms. The van der Waals surface area contributed by atoms with E-state index in [1.807, 2.05) is 12.1 Å². The summed E-state index contributed by atoms with van der Waals surface area (Å²) in [6, 6.07) is 16.7. The lowest BCUT2D eigenvalue weighted by Gasteiger charge is -2.27. The predicted octanol–water partition coefficient (Wildman–Crippen LogP) is 6.50. The third-order valence-corrected chi connectivity index (χ3v) is 6.90. The SMILES string of the molecule is CCCCOc1ccc(C(=O)Nc2ccc(-c3ccc4c(c3)C(=O)N([C@H](C(=O)O)C(C)C)C4)c(Cl)c2)cc1. The number of hydrogen-bond acceptors (Lipinski definition) is 4. The molecule has 0 aliphatic carbocycles. The van der Waals surface area contributed by atoms with Crippen molar-refractivity contribution in [1.82, 2.24) is 4.90 Å². The number of carbonyl (C=O) groups excluding carboxylic acids is 2. The fourth-order valence-corrected chi connectivity index (χ4v) is 4.85. The van der Waals surface area contributed by atoms with Gasteiger partial charge in [0.1, 0.15) is 11.8 Å². The Morgan fingerprint density at radius 3 is 2.42 bits per heavy atom. The van der Waals surface area contributed by atoms with Gasteiger partial charge in [-0.2, -0.15) is 0 Å². The monoisotopic (exact) mass is 534 g/mol. The topological polar surface area (TPSA) is 95.9 Å². The number of carboxylic acids is 1. The second-order valence-corrected chi connectivity index (χ2v) is 10.1. The number of aliphatic carboxylic acids is 1. The van der Waals surface area contributed by atoms with E-state index in [0.717, 1.165) is 29.7 Å². The zero-order valence-electron chi connectivity index (χ0n) is 21.7. The number of halogens is 1. The number of ether oxygens (including phenoxy) is 1. The summed E-state index contributed by atoms with van der Waals surface area (Å²) in [5, 5.41) is 12.9. The van der Waals surface area contributed by atoms with Crippen LogP contribution >= 0.6 is 11.6 Å². The number of anilines is 1. The molecule has 0 saturated carbocycles. The third-order valence-electron chi connectivity index (χ3n) is 6.58. The first-order valence-corrected chi connectivity index (χ1v) is 13.1. The number of amides is 2. The molecule has 0 saturated heterocycles. The van der Waals surface area contributed by atoms with Crippen LogP contribution < -0.4 is 10.1 Å². The average molecular weight is 535 g/mol. The van der Waals surface area contributed by atoms with Gasteiger partial charge in [0.25, 0.3) is 11.8 Å².